The lowest BCUT2D eigenvalue weighted by molar-refractivity contribution is 0.00416. The van der Waals surface area contributed by atoms with Crippen molar-refractivity contribution in [2.75, 3.05) is 0 Å². The first kappa shape index (κ1) is 8.69. The summed E-state index contributed by atoms with van der Waals surface area (Å²) in [6.07, 6.45) is 4.61. The van der Waals surface area contributed by atoms with Gasteiger partial charge in [0.05, 0.1) is 6.20 Å². The zero-order valence-corrected chi connectivity index (χ0v) is 8.06. The summed E-state index contributed by atoms with van der Waals surface area (Å²) < 4.78 is 0. The van der Waals surface area contributed by atoms with Crippen LogP contribution in [0.15, 0.2) is 6.20 Å². The Kier molecular flexibility index (Phi) is 1.87. The van der Waals surface area contributed by atoms with E-state index in [1.165, 1.54) is 4.80 Å². The second-order valence-electron chi connectivity index (χ2n) is 3.77. The molecule has 1 heterocycles. The van der Waals surface area contributed by atoms with Crippen LogP contribution >= 0.6 is 0 Å². The molecule has 0 radical (unpaired) electrons. The van der Waals surface area contributed by atoms with Gasteiger partial charge in [-0.25, -0.2) is 0 Å². The molecular weight excluding hydrogens is 166 g/mol. The molecule has 1 aromatic heterocycles. The van der Waals surface area contributed by atoms with Crippen molar-refractivity contribution in [3.05, 3.63) is 11.9 Å². The maximum absolute atomic E-state index is 10.3. The van der Waals surface area contributed by atoms with E-state index >= 15 is 0 Å². The minimum atomic E-state index is -0.728. The molecule has 1 aromatic rings. The maximum Gasteiger partial charge on any atom is 0.114 e. The Hall–Kier alpha value is -0.900. The van der Waals surface area contributed by atoms with Crippen LogP contribution in [0.25, 0.3) is 0 Å². The van der Waals surface area contributed by atoms with Crippen molar-refractivity contribution in [2.24, 2.45) is 13.0 Å². The molecule has 1 aliphatic carbocycles. The van der Waals surface area contributed by atoms with Gasteiger partial charge < -0.3 is 5.11 Å². The topological polar surface area (TPSA) is 50.9 Å². The first-order valence-electron chi connectivity index (χ1n) is 4.76. The molecule has 1 N–H and O–H groups in total. The van der Waals surface area contributed by atoms with Gasteiger partial charge in [-0.3, -0.25) is 0 Å². The standard InChI is InChI=1S/C9H15N3O/c1-3-9(13,7-4-5-7)8-6-10-12(2)11-8/h6-7,13H,3-5H2,1-2H3. The molecule has 1 saturated carbocycles. The molecule has 4 heteroatoms. The molecule has 0 aromatic carbocycles. The van der Waals surface area contributed by atoms with Gasteiger partial charge in [0.2, 0.25) is 0 Å². The van der Waals surface area contributed by atoms with Crippen molar-refractivity contribution in [2.45, 2.75) is 31.8 Å². The highest BCUT2D eigenvalue weighted by Gasteiger charge is 2.45. The number of rotatable bonds is 3. The third-order valence-electron chi connectivity index (χ3n) is 2.83. The minimum Gasteiger partial charge on any atom is -0.383 e. The first-order valence-corrected chi connectivity index (χ1v) is 4.76. The van der Waals surface area contributed by atoms with Gasteiger partial charge in [-0.05, 0) is 25.2 Å². The Bertz CT molecular complexity index is 306. The van der Waals surface area contributed by atoms with Gasteiger partial charge in [-0.2, -0.15) is 15.0 Å². The van der Waals surface area contributed by atoms with Gasteiger partial charge in [0.25, 0.3) is 0 Å². The van der Waals surface area contributed by atoms with Crippen molar-refractivity contribution in [1.82, 2.24) is 15.0 Å². The lowest BCUT2D eigenvalue weighted by Gasteiger charge is -2.23. The Morgan fingerprint density at radius 3 is 2.77 bits per heavy atom. The van der Waals surface area contributed by atoms with E-state index in [0.29, 0.717) is 5.92 Å². The predicted molar refractivity (Wildman–Crippen MR) is 47.9 cm³/mol. The van der Waals surface area contributed by atoms with E-state index in [1.807, 2.05) is 6.92 Å². The molecule has 0 aliphatic heterocycles. The van der Waals surface area contributed by atoms with Crippen molar-refractivity contribution in [3.8, 4) is 0 Å². The highest BCUT2D eigenvalue weighted by Crippen LogP contribution is 2.46. The Balaban J connectivity index is 2.29. The van der Waals surface area contributed by atoms with Gasteiger partial charge in [-0.1, -0.05) is 6.92 Å². The van der Waals surface area contributed by atoms with Crippen molar-refractivity contribution in [1.29, 1.82) is 0 Å². The molecule has 0 spiro atoms. The van der Waals surface area contributed by atoms with E-state index in [4.69, 9.17) is 0 Å². The van der Waals surface area contributed by atoms with E-state index in [2.05, 4.69) is 10.2 Å². The molecule has 72 valence electrons. The van der Waals surface area contributed by atoms with Crippen LogP contribution < -0.4 is 0 Å². The average molecular weight is 181 g/mol. The summed E-state index contributed by atoms with van der Waals surface area (Å²) in [5, 5.41) is 18.5. The molecular formula is C9H15N3O. The molecule has 13 heavy (non-hydrogen) atoms. The Morgan fingerprint density at radius 1 is 1.69 bits per heavy atom. The second kappa shape index (κ2) is 2.80. The highest BCUT2D eigenvalue weighted by molar-refractivity contribution is 5.11. The van der Waals surface area contributed by atoms with E-state index in [1.54, 1.807) is 13.2 Å². The van der Waals surface area contributed by atoms with Gasteiger partial charge in [0.15, 0.2) is 0 Å². The van der Waals surface area contributed by atoms with Crippen LogP contribution in [-0.4, -0.2) is 20.1 Å². The molecule has 1 atom stereocenters. The number of hydrogen-bond acceptors (Lipinski definition) is 3. The summed E-state index contributed by atoms with van der Waals surface area (Å²) in [6.45, 7) is 1.99. The lowest BCUT2D eigenvalue weighted by Crippen LogP contribution is -2.28. The third kappa shape index (κ3) is 1.35. The average Bonchev–Trinajstić information content (AvgIpc) is 2.89. The van der Waals surface area contributed by atoms with Gasteiger partial charge >= 0.3 is 0 Å². The van der Waals surface area contributed by atoms with Crippen LogP contribution in [0.1, 0.15) is 31.9 Å². The van der Waals surface area contributed by atoms with Crippen molar-refractivity contribution >= 4 is 0 Å². The van der Waals surface area contributed by atoms with Crippen LogP contribution in [-0.2, 0) is 12.6 Å². The SMILES string of the molecule is CCC(O)(c1cnn(C)n1)C1CC1. The van der Waals surface area contributed by atoms with Crippen LogP contribution in [0, 0.1) is 5.92 Å². The number of hydrogen-bond donors (Lipinski definition) is 1. The third-order valence-corrected chi connectivity index (χ3v) is 2.83. The van der Waals surface area contributed by atoms with E-state index in [0.717, 1.165) is 25.0 Å². The lowest BCUT2D eigenvalue weighted by atomic mass is 9.91. The molecule has 2 rings (SSSR count). The normalized spacial score (nSPS) is 21.5. The molecule has 0 saturated heterocycles. The zero-order valence-electron chi connectivity index (χ0n) is 8.06. The molecule has 0 amide bonds. The van der Waals surface area contributed by atoms with Gasteiger partial charge in [0.1, 0.15) is 11.3 Å². The largest absolute Gasteiger partial charge is 0.383 e. The monoisotopic (exact) mass is 181 g/mol. The number of aryl methyl sites for hydroxylation is 1. The summed E-state index contributed by atoms with van der Waals surface area (Å²) in [6, 6.07) is 0. The fraction of sp³-hybridized carbons (Fsp3) is 0.778. The maximum atomic E-state index is 10.3. The van der Waals surface area contributed by atoms with E-state index < -0.39 is 5.60 Å². The fourth-order valence-corrected chi connectivity index (χ4v) is 1.78. The van der Waals surface area contributed by atoms with Gasteiger partial charge in [0, 0.05) is 7.05 Å². The molecule has 0 bridgehead atoms. The van der Waals surface area contributed by atoms with Crippen LogP contribution in [0.2, 0.25) is 0 Å². The summed E-state index contributed by atoms with van der Waals surface area (Å²) in [5.41, 5.74) is -0.00569. The number of aromatic nitrogens is 3. The zero-order chi connectivity index (χ0) is 9.47. The Morgan fingerprint density at radius 2 is 2.38 bits per heavy atom. The summed E-state index contributed by atoms with van der Waals surface area (Å²) in [7, 11) is 1.77. The van der Waals surface area contributed by atoms with Crippen LogP contribution in [0.4, 0.5) is 0 Å². The minimum absolute atomic E-state index is 0.397. The smallest absolute Gasteiger partial charge is 0.114 e. The summed E-state index contributed by atoms with van der Waals surface area (Å²) in [5.74, 6) is 0.397. The first-order chi connectivity index (χ1) is 6.16. The number of aliphatic hydroxyl groups is 1. The van der Waals surface area contributed by atoms with Crippen LogP contribution in [0.3, 0.4) is 0 Å². The molecule has 1 unspecified atom stereocenters. The molecule has 1 aliphatic rings. The number of nitrogens with zero attached hydrogens (tertiary/aromatic N) is 3. The summed E-state index contributed by atoms with van der Waals surface area (Å²) in [4.78, 5) is 1.50. The van der Waals surface area contributed by atoms with E-state index in [9.17, 15) is 5.11 Å². The summed E-state index contributed by atoms with van der Waals surface area (Å²) >= 11 is 0. The molecule has 4 nitrogen and oxygen atoms in total. The quantitative estimate of drug-likeness (QED) is 0.751. The predicted octanol–water partition coefficient (Wildman–Crippen LogP) is 0.823. The van der Waals surface area contributed by atoms with Crippen LogP contribution in [0.5, 0.6) is 0 Å². The second-order valence-corrected chi connectivity index (χ2v) is 3.77. The molecule has 1 fully saturated rings. The fourth-order valence-electron chi connectivity index (χ4n) is 1.78. The van der Waals surface area contributed by atoms with Crippen molar-refractivity contribution < 1.29 is 5.11 Å². The Labute approximate surface area is 77.6 Å². The van der Waals surface area contributed by atoms with Crippen molar-refractivity contribution in [3.63, 3.8) is 0 Å². The van der Waals surface area contributed by atoms with E-state index in [-0.39, 0.29) is 0 Å². The van der Waals surface area contributed by atoms with Gasteiger partial charge in [-0.15, -0.1) is 0 Å². The highest BCUT2D eigenvalue weighted by atomic mass is 16.3.